The highest BCUT2D eigenvalue weighted by Crippen LogP contribution is 2.46. The molecule has 9 nitrogen and oxygen atoms in total. The Bertz CT molecular complexity index is 688. The van der Waals surface area contributed by atoms with Crippen LogP contribution in [0.4, 0.5) is 11.4 Å². The first-order valence-corrected chi connectivity index (χ1v) is 6.69. The number of carbonyl (C=O) groups is 2. The van der Waals surface area contributed by atoms with Gasteiger partial charge >= 0.3 is 5.97 Å². The summed E-state index contributed by atoms with van der Waals surface area (Å²) in [5, 5.41) is 20.5. The molecule has 1 aromatic carbocycles. The molecule has 0 saturated carbocycles. The second-order valence-electron chi connectivity index (χ2n) is 5.00. The fourth-order valence-electron chi connectivity index (χ4n) is 2.80. The monoisotopic (exact) mass is 324 g/mol. The summed E-state index contributed by atoms with van der Waals surface area (Å²) in [7, 11) is 3.86. The maximum atomic E-state index is 12.5. The molecule has 0 fully saturated rings. The van der Waals surface area contributed by atoms with Crippen molar-refractivity contribution in [3.8, 4) is 0 Å². The molecule has 0 saturated heterocycles. The highest BCUT2D eigenvalue weighted by Gasteiger charge is 2.51. The third-order valence-corrected chi connectivity index (χ3v) is 3.97. The van der Waals surface area contributed by atoms with E-state index in [9.17, 15) is 24.8 Å². The largest absolute Gasteiger partial charge is 0.465 e. The van der Waals surface area contributed by atoms with Gasteiger partial charge in [0.2, 0.25) is 0 Å². The standard InChI is InChI=1S/C14H16N2O7/c1-15-11-6-8(12(18)22-2)10(16(20)21)7-9(11)14(23-3,4-5-17)13(15)19/h6-7,17H,4-5H2,1-3H3. The number of benzene rings is 1. The van der Waals surface area contributed by atoms with E-state index in [1.54, 1.807) is 0 Å². The first-order valence-electron chi connectivity index (χ1n) is 6.69. The van der Waals surface area contributed by atoms with Crippen molar-refractivity contribution in [1.82, 2.24) is 0 Å². The van der Waals surface area contributed by atoms with Crippen LogP contribution in [0.2, 0.25) is 0 Å². The third kappa shape index (κ3) is 2.34. The number of nitrogens with zero attached hydrogens (tertiary/aromatic N) is 2. The van der Waals surface area contributed by atoms with Gasteiger partial charge in [-0.05, 0) is 6.07 Å². The first kappa shape index (κ1) is 16.8. The third-order valence-electron chi connectivity index (χ3n) is 3.97. The van der Waals surface area contributed by atoms with Crippen molar-refractivity contribution in [1.29, 1.82) is 0 Å². The van der Waals surface area contributed by atoms with E-state index >= 15 is 0 Å². The molecule has 1 aliphatic heterocycles. The van der Waals surface area contributed by atoms with Gasteiger partial charge in [0.05, 0.1) is 17.7 Å². The molecule has 124 valence electrons. The average Bonchev–Trinajstić information content (AvgIpc) is 2.75. The highest BCUT2D eigenvalue weighted by atomic mass is 16.6. The van der Waals surface area contributed by atoms with Crippen LogP contribution in [0.5, 0.6) is 0 Å². The molecule has 0 radical (unpaired) electrons. The molecule has 1 atom stereocenters. The lowest BCUT2D eigenvalue weighted by Crippen LogP contribution is -2.41. The minimum Gasteiger partial charge on any atom is -0.465 e. The second kappa shape index (κ2) is 5.94. The van der Waals surface area contributed by atoms with Gasteiger partial charge in [-0.1, -0.05) is 0 Å². The Balaban J connectivity index is 2.77. The van der Waals surface area contributed by atoms with Crippen LogP contribution in [0, 0.1) is 10.1 Å². The summed E-state index contributed by atoms with van der Waals surface area (Å²) in [4.78, 5) is 36.1. The number of ether oxygens (including phenoxy) is 2. The minimum absolute atomic E-state index is 0.0611. The molecule has 0 bridgehead atoms. The van der Waals surface area contributed by atoms with Crippen LogP contribution in [0.3, 0.4) is 0 Å². The van der Waals surface area contributed by atoms with Crippen LogP contribution in [0.1, 0.15) is 22.3 Å². The Kier molecular flexibility index (Phi) is 4.35. The molecule has 1 unspecified atom stereocenters. The lowest BCUT2D eigenvalue weighted by atomic mass is 9.90. The Morgan fingerprint density at radius 3 is 2.57 bits per heavy atom. The molecule has 23 heavy (non-hydrogen) atoms. The van der Waals surface area contributed by atoms with Gasteiger partial charge in [0.1, 0.15) is 5.56 Å². The van der Waals surface area contributed by atoms with E-state index < -0.39 is 28.1 Å². The van der Waals surface area contributed by atoms with E-state index in [4.69, 9.17) is 4.74 Å². The van der Waals surface area contributed by atoms with Crippen molar-refractivity contribution in [2.24, 2.45) is 0 Å². The topological polar surface area (TPSA) is 119 Å². The number of methoxy groups -OCH3 is 2. The van der Waals surface area contributed by atoms with E-state index in [0.717, 1.165) is 13.2 Å². The number of aliphatic hydroxyl groups is 1. The van der Waals surface area contributed by atoms with E-state index in [-0.39, 0.29) is 24.2 Å². The van der Waals surface area contributed by atoms with Crippen LogP contribution in [0.25, 0.3) is 0 Å². The van der Waals surface area contributed by atoms with E-state index in [1.807, 2.05) is 0 Å². The Morgan fingerprint density at radius 2 is 2.09 bits per heavy atom. The van der Waals surface area contributed by atoms with E-state index in [1.165, 1.54) is 25.1 Å². The molecule has 0 aliphatic carbocycles. The molecule has 1 heterocycles. The summed E-state index contributed by atoms with van der Waals surface area (Å²) in [5.41, 5.74) is -1.72. The van der Waals surface area contributed by atoms with Gasteiger partial charge in [0, 0.05) is 38.8 Å². The molecular weight excluding hydrogens is 308 g/mol. The van der Waals surface area contributed by atoms with Crippen molar-refractivity contribution in [3.63, 3.8) is 0 Å². The fraction of sp³-hybridized carbons (Fsp3) is 0.429. The molecule has 2 rings (SSSR count). The lowest BCUT2D eigenvalue weighted by molar-refractivity contribution is -0.385. The second-order valence-corrected chi connectivity index (χ2v) is 5.00. The maximum Gasteiger partial charge on any atom is 0.344 e. The number of hydrogen-bond acceptors (Lipinski definition) is 7. The molecule has 1 amide bonds. The Labute approximate surface area is 131 Å². The van der Waals surface area contributed by atoms with Crippen molar-refractivity contribution in [3.05, 3.63) is 33.4 Å². The molecule has 0 aromatic heterocycles. The predicted octanol–water partition coefficient (Wildman–Crippen LogP) is 0.582. The SMILES string of the molecule is COC(=O)c1cc2c(cc1[N+](=O)[O-])C(CCO)(OC)C(=O)N2C. The van der Waals surface area contributed by atoms with Crippen molar-refractivity contribution in [2.75, 3.05) is 32.8 Å². The zero-order valence-electron chi connectivity index (χ0n) is 12.9. The lowest BCUT2D eigenvalue weighted by Gasteiger charge is -2.25. The molecule has 9 heteroatoms. The smallest absolute Gasteiger partial charge is 0.344 e. The highest BCUT2D eigenvalue weighted by molar-refractivity contribution is 6.08. The van der Waals surface area contributed by atoms with Crippen LogP contribution in [-0.4, -0.2) is 49.8 Å². The maximum absolute atomic E-state index is 12.5. The predicted molar refractivity (Wildman–Crippen MR) is 78.2 cm³/mol. The summed E-state index contributed by atoms with van der Waals surface area (Å²) >= 11 is 0. The van der Waals surface area contributed by atoms with Gasteiger partial charge in [-0.2, -0.15) is 0 Å². The van der Waals surface area contributed by atoms with Gasteiger partial charge in [-0.15, -0.1) is 0 Å². The zero-order chi connectivity index (χ0) is 17.4. The number of nitro groups is 1. The van der Waals surface area contributed by atoms with E-state index in [2.05, 4.69) is 4.74 Å². The number of nitro benzene ring substituents is 1. The number of likely N-dealkylation sites (N-methyl/N-ethyl adjacent to an activating group) is 1. The summed E-state index contributed by atoms with van der Waals surface area (Å²) in [6, 6.07) is 2.36. The molecule has 1 N–H and O–H groups in total. The molecule has 1 aromatic rings. The van der Waals surface area contributed by atoms with Crippen molar-refractivity contribution in [2.45, 2.75) is 12.0 Å². The van der Waals surface area contributed by atoms with Gasteiger partial charge in [0.25, 0.3) is 11.6 Å². The number of fused-ring (bicyclic) bond motifs is 1. The van der Waals surface area contributed by atoms with Gasteiger partial charge < -0.3 is 19.5 Å². The molecular formula is C14H16N2O7. The van der Waals surface area contributed by atoms with E-state index in [0.29, 0.717) is 5.69 Å². The summed E-state index contributed by atoms with van der Waals surface area (Å²) in [6.45, 7) is -0.348. The number of amides is 1. The minimum atomic E-state index is -1.52. The zero-order valence-corrected chi connectivity index (χ0v) is 12.9. The number of anilines is 1. The van der Waals surface area contributed by atoms with Gasteiger partial charge in [0.15, 0.2) is 5.60 Å². The van der Waals surface area contributed by atoms with Crippen molar-refractivity contribution >= 4 is 23.3 Å². The quantitative estimate of drug-likeness (QED) is 0.478. The number of hydrogen-bond donors (Lipinski definition) is 1. The number of aliphatic hydroxyl groups excluding tert-OH is 1. The number of esters is 1. The van der Waals surface area contributed by atoms with Crippen LogP contribution >= 0.6 is 0 Å². The molecule has 1 aliphatic rings. The number of rotatable bonds is 5. The van der Waals surface area contributed by atoms with Crippen molar-refractivity contribution < 1.29 is 29.1 Å². The van der Waals surface area contributed by atoms with Gasteiger partial charge in [-0.25, -0.2) is 4.79 Å². The van der Waals surface area contributed by atoms with Crippen LogP contribution in [0.15, 0.2) is 12.1 Å². The summed E-state index contributed by atoms with van der Waals surface area (Å²) in [6.07, 6.45) is -0.0611. The van der Waals surface area contributed by atoms with Crippen LogP contribution < -0.4 is 4.90 Å². The van der Waals surface area contributed by atoms with Crippen LogP contribution in [-0.2, 0) is 19.9 Å². The normalized spacial score (nSPS) is 19.7. The average molecular weight is 324 g/mol. The Hall–Kier alpha value is -2.52. The number of carbonyl (C=O) groups excluding carboxylic acids is 2. The van der Waals surface area contributed by atoms with Gasteiger partial charge in [-0.3, -0.25) is 14.9 Å². The fourth-order valence-corrected chi connectivity index (χ4v) is 2.80. The Morgan fingerprint density at radius 1 is 1.43 bits per heavy atom. The molecule has 0 spiro atoms. The summed E-state index contributed by atoms with van der Waals surface area (Å²) < 4.78 is 9.88. The first-order chi connectivity index (χ1) is 10.8. The summed E-state index contributed by atoms with van der Waals surface area (Å²) in [5.74, 6) is -1.35.